The quantitative estimate of drug-likeness (QED) is 0.806. The SMILES string of the molecule is CC(=O)c1cccc(N2CC(=O)NCC2(C)C)c1. The van der Waals surface area contributed by atoms with Gasteiger partial charge in [-0.05, 0) is 32.9 Å². The molecule has 0 spiro atoms. The Morgan fingerprint density at radius 2 is 2.11 bits per heavy atom. The van der Waals surface area contributed by atoms with Crippen molar-refractivity contribution in [2.45, 2.75) is 26.3 Å². The smallest absolute Gasteiger partial charge is 0.239 e. The third-order valence-corrected chi connectivity index (χ3v) is 3.31. The average Bonchev–Trinajstić information content (AvgIpc) is 2.32. The van der Waals surface area contributed by atoms with Gasteiger partial charge in [0.1, 0.15) is 0 Å². The largest absolute Gasteiger partial charge is 0.355 e. The van der Waals surface area contributed by atoms with Crippen molar-refractivity contribution in [1.82, 2.24) is 5.32 Å². The summed E-state index contributed by atoms with van der Waals surface area (Å²) in [6.07, 6.45) is 0. The molecule has 1 heterocycles. The summed E-state index contributed by atoms with van der Waals surface area (Å²) in [5.74, 6) is 0.0543. The van der Waals surface area contributed by atoms with Gasteiger partial charge in [-0.1, -0.05) is 12.1 Å². The maximum Gasteiger partial charge on any atom is 0.239 e. The van der Waals surface area contributed by atoms with Gasteiger partial charge in [-0.2, -0.15) is 0 Å². The van der Waals surface area contributed by atoms with Crippen LogP contribution in [0.5, 0.6) is 0 Å². The van der Waals surface area contributed by atoms with E-state index < -0.39 is 0 Å². The van der Waals surface area contributed by atoms with Gasteiger partial charge in [-0.15, -0.1) is 0 Å². The zero-order chi connectivity index (χ0) is 13.3. The summed E-state index contributed by atoms with van der Waals surface area (Å²) in [5.41, 5.74) is 1.44. The number of anilines is 1. The van der Waals surface area contributed by atoms with E-state index in [1.807, 2.05) is 23.1 Å². The molecule has 1 aromatic rings. The van der Waals surface area contributed by atoms with E-state index in [0.717, 1.165) is 5.69 Å². The lowest BCUT2D eigenvalue weighted by Crippen LogP contribution is -2.60. The molecular formula is C14H18N2O2. The normalized spacial score (nSPS) is 18.4. The molecule has 1 N–H and O–H groups in total. The zero-order valence-electron chi connectivity index (χ0n) is 11.0. The van der Waals surface area contributed by atoms with Gasteiger partial charge in [-0.3, -0.25) is 9.59 Å². The highest BCUT2D eigenvalue weighted by Crippen LogP contribution is 2.26. The molecule has 0 aliphatic carbocycles. The number of rotatable bonds is 2. The molecule has 1 aliphatic rings. The molecule has 2 rings (SSSR count). The summed E-state index contributed by atoms with van der Waals surface area (Å²) in [7, 11) is 0. The Bertz CT molecular complexity index is 494. The van der Waals surface area contributed by atoms with E-state index >= 15 is 0 Å². The fraction of sp³-hybridized carbons (Fsp3) is 0.429. The number of carbonyl (C=O) groups excluding carboxylic acids is 2. The molecule has 0 bridgehead atoms. The van der Waals surface area contributed by atoms with Gasteiger partial charge in [0.2, 0.25) is 5.91 Å². The van der Waals surface area contributed by atoms with Gasteiger partial charge in [0.05, 0.1) is 12.1 Å². The maximum atomic E-state index is 11.5. The van der Waals surface area contributed by atoms with Crippen molar-refractivity contribution in [3.63, 3.8) is 0 Å². The average molecular weight is 246 g/mol. The first-order valence-electron chi connectivity index (χ1n) is 6.05. The van der Waals surface area contributed by atoms with E-state index in [2.05, 4.69) is 19.2 Å². The number of hydrogen-bond acceptors (Lipinski definition) is 3. The van der Waals surface area contributed by atoms with Crippen LogP contribution in [0.2, 0.25) is 0 Å². The Balaban J connectivity index is 2.37. The summed E-state index contributed by atoms with van der Waals surface area (Å²) in [5, 5.41) is 2.86. The number of amides is 1. The molecule has 1 amide bonds. The number of nitrogens with one attached hydrogen (secondary N) is 1. The monoisotopic (exact) mass is 246 g/mol. The van der Waals surface area contributed by atoms with Gasteiger partial charge in [0.15, 0.2) is 5.78 Å². The fourth-order valence-corrected chi connectivity index (χ4v) is 2.16. The van der Waals surface area contributed by atoms with E-state index in [9.17, 15) is 9.59 Å². The molecule has 1 fully saturated rings. The Hall–Kier alpha value is -1.84. The van der Waals surface area contributed by atoms with Crippen LogP contribution in [-0.4, -0.2) is 30.3 Å². The molecule has 0 aromatic heterocycles. The molecule has 4 heteroatoms. The Kier molecular flexibility index (Phi) is 3.11. The molecular weight excluding hydrogens is 228 g/mol. The topological polar surface area (TPSA) is 49.4 Å². The van der Waals surface area contributed by atoms with Crippen molar-refractivity contribution < 1.29 is 9.59 Å². The summed E-state index contributed by atoms with van der Waals surface area (Å²) in [6.45, 7) is 6.64. The van der Waals surface area contributed by atoms with Gasteiger partial charge >= 0.3 is 0 Å². The Labute approximate surface area is 107 Å². The second-order valence-corrected chi connectivity index (χ2v) is 5.28. The van der Waals surface area contributed by atoms with Crippen LogP contribution in [-0.2, 0) is 4.79 Å². The first-order valence-corrected chi connectivity index (χ1v) is 6.05. The highest BCUT2D eigenvalue weighted by Gasteiger charge is 2.33. The number of ketones is 1. The van der Waals surface area contributed by atoms with Crippen LogP contribution in [0.4, 0.5) is 5.69 Å². The Morgan fingerprint density at radius 3 is 2.78 bits per heavy atom. The van der Waals surface area contributed by atoms with Crippen molar-refractivity contribution in [2.75, 3.05) is 18.0 Å². The predicted octanol–water partition coefficient (Wildman–Crippen LogP) is 1.60. The van der Waals surface area contributed by atoms with Crippen LogP contribution in [0.25, 0.3) is 0 Å². The van der Waals surface area contributed by atoms with Crippen molar-refractivity contribution in [3.8, 4) is 0 Å². The number of benzene rings is 1. The second-order valence-electron chi connectivity index (χ2n) is 5.28. The van der Waals surface area contributed by atoms with Crippen LogP contribution in [0.3, 0.4) is 0 Å². The number of piperazine rings is 1. The van der Waals surface area contributed by atoms with Crippen LogP contribution < -0.4 is 10.2 Å². The third kappa shape index (κ3) is 2.37. The van der Waals surface area contributed by atoms with Crippen molar-refractivity contribution >= 4 is 17.4 Å². The van der Waals surface area contributed by atoms with E-state index in [0.29, 0.717) is 18.7 Å². The molecule has 1 saturated heterocycles. The minimum atomic E-state index is -0.149. The lowest BCUT2D eigenvalue weighted by molar-refractivity contribution is -0.121. The molecule has 96 valence electrons. The summed E-state index contributed by atoms with van der Waals surface area (Å²) in [4.78, 5) is 25.0. The fourth-order valence-electron chi connectivity index (χ4n) is 2.16. The van der Waals surface area contributed by atoms with E-state index in [1.54, 1.807) is 13.0 Å². The number of hydrogen-bond donors (Lipinski definition) is 1. The molecule has 1 aromatic carbocycles. The molecule has 1 aliphatic heterocycles. The van der Waals surface area contributed by atoms with Gasteiger partial charge in [0.25, 0.3) is 0 Å². The van der Waals surface area contributed by atoms with Crippen molar-refractivity contribution in [2.24, 2.45) is 0 Å². The first-order chi connectivity index (χ1) is 8.40. The lowest BCUT2D eigenvalue weighted by atomic mass is 9.98. The van der Waals surface area contributed by atoms with Crippen LogP contribution in [0.15, 0.2) is 24.3 Å². The Morgan fingerprint density at radius 1 is 1.39 bits per heavy atom. The molecule has 0 saturated carbocycles. The van der Waals surface area contributed by atoms with Gasteiger partial charge < -0.3 is 10.2 Å². The predicted molar refractivity (Wildman–Crippen MR) is 70.9 cm³/mol. The van der Waals surface area contributed by atoms with Gasteiger partial charge in [0, 0.05) is 17.8 Å². The van der Waals surface area contributed by atoms with Crippen LogP contribution in [0.1, 0.15) is 31.1 Å². The number of Topliss-reactive ketones (excluding diaryl/α,β-unsaturated/α-hetero) is 1. The van der Waals surface area contributed by atoms with Crippen LogP contribution >= 0.6 is 0 Å². The van der Waals surface area contributed by atoms with E-state index in [1.165, 1.54) is 0 Å². The van der Waals surface area contributed by atoms with E-state index in [4.69, 9.17) is 0 Å². The third-order valence-electron chi connectivity index (χ3n) is 3.31. The summed E-state index contributed by atoms with van der Waals surface area (Å²) < 4.78 is 0. The second kappa shape index (κ2) is 4.44. The zero-order valence-corrected chi connectivity index (χ0v) is 11.0. The van der Waals surface area contributed by atoms with Crippen molar-refractivity contribution in [3.05, 3.63) is 29.8 Å². The van der Waals surface area contributed by atoms with Crippen LogP contribution in [0, 0.1) is 0 Å². The highest BCUT2D eigenvalue weighted by molar-refractivity contribution is 5.95. The molecule has 0 radical (unpaired) electrons. The van der Waals surface area contributed by atoms with Gasteiger partial charge in [-0.25, -0.2) is 0 Å². The molecule has 4 nitrogen and oxygen atoms in total. The number of nitrogens with zero attached hydrogens (tertiary/aromatic N) is 1. The van der Waals surface area contributed by atoms with Crippen molar-refractivity contribution in [1.29, 1.82) is 0 Å². The first kappa shape index (κ1) is 12.6. The molecule has 0 unspecified atom stereocenters. The summed E-state index contributed by atoms with van der Waals surface area (Å²) >= 11 is 0. The minimum Gasteiger partial charge on any atom is -0.355 e. The minimum absolute atomic E-state index is 0.0163. The number of carbonyl (C=O) groups is 2. The standard InChI is InChI=1S/C14H18N2O2/c1-10(17)11-5-4-6-12(7-11)16-8-13(18)15-9-14(16,2)3/h4-7H,8-9H2,1-3H3,(H,15,18). The molecule has 0 atom stereocenters. The highest BCUT2D eigenvalue weighted by atomic mass is 16.2. The molecule has 18 heavy (non-hydrogen) atoms. The maximum absolute atomic E-state index is 11.5. The van der Waals surface area contributed by atoms with E-state index in [-0.39, 0.29) is 17.2 Å². The lowest BCUT2D eigenvalue weighted by Gasteiger charge is -2.43. The summed E-state index contributed by atoms with van der Waals surface area (Å²) in [6, 6.07) is 7.44.